The van der Waals surface area contributed by atoms with Gasteiger partial charge in [0.05, 0.1) is 0 Å². The van der Waals surface area contributed by atoms with E-state index >= 15 is 0 Å². The highest BCUT2D eigenvalue weighted by Crippen LogP contribution is 2.48. The van der Waals surface area contributed by atoms with Crippen molar-refractivity contribution in [2.45, 2.75) is 38.8 Å². The lowest BCUT2D eigenvalue weighted by molar-refractivity contribution is -0.126. The molecule has 1 aromatic rings. The maximum atomic E-state index is 12.3. The van der Waals surface area contributed by atoms with Crippen LogP contribution >= 0.6 is 0 Å². The van der Waals surface area contributed by atoms with E-state index in [1.165, 1.54) is 19.3 Å². The summed E-state index contributed by atoms with van der Waals surface area (Å²) in [7, 11) is 0. The van der Waals surface area contributed by atoms with Gasteiger partial charge in [-0.3, -0.25) is 4.79 Å². The number of fused-ring (bicyclic) bond motifs is 2. The summed E-state index contributed by atoms with van der Waals surface area (Å²) >= 11 is 0. The van der Waals surface area contributed by atoms with E-state index in [4.69, 9.17) is 5.73 Å². The minimum Gasteiger partial charge on any atom is -0.352 e. The zero-order chi connectivity index (χ0) is 13.2. The summed E-state index contributed by atoms with van der Waals surface area (Å²) in [4.78, 5) is 12.3. The Hall–Kier alpha value is -1.35. The molecule has 102 valence electrons. The molecule has 2 aliphatic carbocycles. The highest BCUT2D eigenvalue weighted by atomic mass is 16.1. The van der Waals surface area contributed by atoms with E-state index in [1.54, 1.807) is 0 Å². The molecule has 1 amide bonds. The van der Waals surface area contributed by atoms with Gasteiger partial charge in [0.15, 0.2) is 0 Å². The molecule has 0 radical (unpaired) electrons. The first-order valence-electron chi connectivity index (χ1n) is 7.32. The molecule has 2 fully saturated rings. The number of amides is 1. The monoisotopic (exact) mass is 258 g/mol. The van der Waals surface area contributed by atoms with Crippen LogP contribution in [0.15, 0.2) is 24.3 Å². The van der Waals surface area contributed by atoms with Crippen molar-refractivity contribution in [1.29, 1.82) is 0 Å². The van der Waals surface area contributed by atoms with Crippen molar-refractivity contribution < 1.29 is 4.79 Å². The van der Waals surface area contributed by atoms with Crippen molar-refractivity contribution in [2.75, 3.05) is 0 Å². The van der Waals surface area contributed by atoms with Crippen molar-refractivity contribution >= 4 is 5.91 Å². The van der Waals surface area contributed by atoms with E-state index in [-0.39, 0.29) is 11.8 Å². The molecule has 19 heavy (non-hydrogen) atoms. The average Bonchev–Trinajstić information content (AvgIpc) is 3.07. The summed E-state index contributed by atoms with van der Waals surface area (Å²) < 4.78 is 0. The summed E-state index contributed by atoms with van der Waals surface area (Å²) in [6.45, 7) is 1.14. The van der Waals surface area contributed by atoms with Crippen molar-refractivity contribution in [3.63, 3.8) is 0 Å². The van der Waals surface area contributed by atoms with Gasteiger partial charge in [0, 0.05) is 19.0 Å². The van der Waals surface area contributed by atoms with E-state index in [0.717, 1.165) is 23.5 Å². The molecule has 0 spiro atoms. The Morgan fingerprint density at radius 2 is 2.00 bits per heavy atom. The standard InChI is InChI=1S/C16H22N2O/c17-9-13-3-1-2-4-14(13)10-18-16(19)15-8-11-5-6-12(15)7-11/h1-4,11-12,15H,5-10,17H2,(H,18,19). The second-order valence-electron chi connectivity index (χ2n) is 5.97. The third kappa shape index (κ3) is 2.52. The SMILES string of the molecule is NCc1ccccc1CNC(=O)C1CC2CCC1C2. The minimum atomic E-state index is 0.249. The third-order valence-electron chi connectivity index (χ3n) is 4.87. The second kappa shape index (κ2) is 5.33. The van der Waals surface area contributed by atoms with Crippen molar-refractivity contribution in [2.24, 2.45) is 23.5 Å². The summed E-state index contributed by atoms with van der Waals surface area (Å²) in [6, 6.07) is 8.06. The third-order valence-corrected chi connectivity index (χ3v) is 4.87. The van der Waals surface area contributed by atoms with Gasteiger partial charge in [-0.1, -0.05) is 30.7 Å². The fraction of sp³-hybridized carbons (Fsp3) is 0.562. The largest absolute Gasteiger partial charge is 0.352 e. The van der Waals surface area contributed by atoms with Crippen LogP contribution in [0.25, 0.3) is 0 Å². The van der Waals surface area contributed by atoms with Crippen molar-refractivity contribution in [3.8, 4) is 0 Å². The van der Waals surface area contributed by atoms with Gasteiger partial charge >= 0.3 is 0 Å². The maximum Gasteiger partial charge on any atom is 0.223 e. The predicted molar refractivity (Wildman–Crippen MR) is 75.1 cm³/mol. The first-order chi connectivity index (χ1) is 9.28. The number of benzene rings is 1. The lowest BCUT2D eigenvalue weighted by Gasteiger charge is -2.21. The number of nitrogens with one attached hydrogen (secondary N) is 1. The zero-order valence-corrected chi connectivity index (χ0v) is 11.3. The number of carbonyl (C=O) groups is 1. The van der Waals surface area contributed by atoms with Gasteiger partial charge in [0.25, 0.3) is 0 Å². The van der Waals surface area contributed by atoms with Crippen LogP contribution in [-0.2, 0) is 17.9 Å². The van der Waals surface area contributed by atoms with Gasteiger partial charge < -0.3 is 11.1 Å². The Morgan fingerprint density at radius 3 is 2.63 bits per heavy atom. The first-order valence-corrected chi connectivity index (χ1v) is 7.32. The van der Waals surface area contributed by atoms with Gasteiger partial charge in [-0.15, -0.1) is 0 Å². The Balaban J connectivity index is 1.59. The van der Waals surface area contributed by atoms with Crippen LogP contribution in [0.5, 0.6) is 0 Å². The summed E-state index contributed by atoms with van der Waals surface area (Å²) in [5.74, 6) is 1.98. The van der Waals surface area contributed by atoms with E-state index in [9.17, 15) is 4.79 Å². The Morgan fingerprint density at radius 1 is 1.21 bits per heavy atom. The van der Waals surface area contributed by atoms with Crippen LogP contribution in [0, 0.1) is 17.8 Å². The van der Waals surface area contributed by atoms with Crippen LogP contribution in [0.3, 0.4) is 0 Å². The molecule has 3 unspecified atom stereocenters. The number of hydrogen-bond acceptors (Lipinski definition) is 2. The lowest BCUT2D eigenvalue weighted by atomic mass is 9.88. The number of hydrogen-bond donors (Lipinski definition) is 2. The minimum absolute atomic E-state index is 0.249. The normalized spacial score (nSPS) is 28.6. The van der Waals surface area contributed by atoms with Gasteiger partial charge in [-0.05, 0) is 42.2 Å². The van der Waals surface area contributed by atoms with Crippen LogP contribution < -0.4 is 11.1 Å². The topological polar surface area (TPSA) is 55.1 Å². The fourth-order valence-electron chi connectivity index (χ4n) is 3.81. The van der Waals surface area contributed by atoms with E-state index in [0.29, 0.717) is 19.0 Å². The molecule has 0 aliphatic heterocycles. The average molecular weight is 258 g/mol. The highest BCUT2D eigenvalue weighted by molar-refractivity contribution is 5.79. The van der Waals surface area contributed by atoms with Crippen LogP contribution in [0.4, 0.5) is 0 Å². The number of carbonyl (C=O) groups excluding carboxylic acids is 1. The van der Waals surface area contributed by atoms with Crippen molar-refractivity contribution in [1.82, 2.24) is 5.32 Å². The maximum absolute atomic E-state index is 12.3. The number of nitrogens with two attached hydrogens (primary N) is 1. The number of rotatable bonds is 4. The van der Waals surface area contributed by atoms with E-state index in [2.05, 4.69) is 5.32 Å². The Labute approximate surface area is 114 Å². The molecule has 0 saturated heterocycles. The Kier molecular flexibility index (Phi) is 3.56. The van der Waals surface area contributed by atoms with Crippen LogP contribution in [0.1, 0.15) is 36.8 Å². The molecule has 2 bridgehead atoms. The molecule has 3 nitrogen and oxygen atoms in total. The molecular weight excluding hydrogens is 236 g/mol. The molecule has 3 N–H and O–H groups in total. The van der Waals surface area contributed by atoms with Gasteiger partial charge in [0.1, 0.15) is 0 Å². The molecule has 0 aromatic heterocycles. The lowest BCUT2D eigenvalue weighted by Crippen LogP contribution is -2.33. The van der Waals surface area contributed by atoms with Crippen molar-refractivity contribution in [3.05, 3.63) is 35.4 Å². The summed E-state index contributed by atoms with van der Waals surface area (Å²) in [6.07, 6.45) is 4.97. The summed E-state index contributed by atoms with van der Waals surface area (Å²) in [5.41, 5.74) is 7.98. The molecular formula is C16H22N2O. The first kappa shape index (κ1) is 12.7. The zero-order valence-electron chi connectivity index (χ0n) is 11.3. The molecule has 3 heteroatoms. The van der Waals surface area contributed by atoms with Crippen LogP contribution in [-0.4, -0.2) is 5.91 Å². The fourth-order valence-corrected chi connectivity index (χ4v) is 3.81. The molecule has 1 aromatic carbocycles. The molecule has 0 heterocycles. The molecule has 3 atom stereocenters. The van der Waals surface area contributed by atoms with E-state index < -0.39 is 0 Å². The second-order valence-corrected chi connectivity index (χ2v) is 5.97. The molecule has 2 aliphatic rings. The highest BCUT2D eigenvalue weighted by Gasteiger charge is 2.42. The smallest absolute Gasteiger partial charge is 0.223 e. The van der Waals surface area contributed by atoms with Gasteiger partial charge in [0.2, 0.25) is 5.91 Å². The van der Waals surface area contributed by atoms with E-state index in [1.807, 2.05) is 24.3 Å². The van der Waals surface area contributed by atoms with Gasteiger partial charge in [-0.25, -0.2) is 0 Å². The van der Waals surface area contributed by atoms with Crippen LogP contribution in [0.2, 0.25) is 0 Å². The van der Waals surface area contributed by atoms with Gasteiger partial charge in [-0.2, -0.15) is 0 Å². The Bertz CT molecular complexity index is 472. The quantitative estimate of drug-likeness (QED) is 0.870. The molecule has 2 saturated carbocycles. The summed E-state index contributed by atoms with van der Waals surface area (Å²) in [5, 5.41) is 3.11. The molecule has 3 rings (SSSR count). The predicted octanol–water partition coefficient (Wildman–Crippen LogP) is 2.20.